The van der Waals surface area contributed by atoms with Crippen molar-refractivity contribution in [2.75, 3.05) is 11.9 Å². The van der Waals surface area contributed by atoms with Crippen LogP contribution >= 0.6 is 0 Å². The van der Waals surface area contributed by atoms with E-state index in [2.05, 4.69) is 5.32 Å². The number of hydrogen-bond acceptors (Lipinski definition) is 12. The van der Waals surface area contributed by atoms with E-state index in [1.54, 1.807) is 0 Å². The van der Waals surface area contributed by atoms with Gasteiger partial charge in [-0.25, -0.2) is 0 Å². The molecule has 1 aromatic rings. The number of carbonyl (C=O) groups is 6. The van der Waals surface area contributed by atoms with Crippen LogP contribution in [0.3, 0.4) is 0 Å². The molecule has 13 heteroatoms. The number of phenolic OH excluding ortho intramolecular Hbond substituents is 1. The van der Waals surface area contributed by atoms with Crippen molar-refractivity contribution >= 4 is 41.4 Å². The Morgan fingerprint density at radius 1 is 0.714 bits per heavy atom. The molecule has 1 aromatic carbocycles. The molecule has 0 bridgehead atoms. The van der Waals surface area contributed by atoms with E-state index in [-0.39, 0.29) is 11.4 Å². The van der Waals surface area contributed by atoms with Crippen molar-refractivity contribution < 1.29 is 57.6 Å². The van der Waals surface area contributed by atoms with E-state index < -0.39 is 66.8 Å². The number of ether oxygens (including phenoxy) is 5. The van der Waals surface area contributed by atoms with Crippen LogP contribution in [0.4, 0.5) is 5.69 Å². The predicted octanol–water partition coefficient (Wildman–Crippen LogP) is 0.621. The van der Waals surface area contributed by atoms with Gasteiger partial charge in [0.25, 0.3) is 5.91 Å². The van der Waals surface area contributed by atoms with Gasteiger partial charge in [0.1, 0.15) is 12.4 Å². The van der Waals surface area contributed by atoms with Gasteiger partial charge in [-0.1, -0.05) is 0 Å². The third-order valence-electron chi connectivity index (χ3n) is 4.05. The van der Waals surface area contributed by atoms with Crippen molar-refractivity contribution in [1.82, 2.24) is 0 Å². The molecule has 1 amide bonds. The maximum atomic E-state index is 13.1. The highest BCUT2D eigenvalue weighted by atomic mass is 16.6. The lowest BCUT2D eigenvalue weighted by atomic mass is 10.0. The van der Waals surface area contributed by atoms with Crippen LogP contribution in [0.25, 0.3) is 0 Å². The van der Waals surface area contributed by atoms with Crippen LogP contribution in [-0.2, 0) is 52.5 Å². The van der Waals surface area contributed by atoms with Gasteiger partial charge in [-0.2, -0.15) is 0 Å². The van der Waals surface area contributed by atoms with E-state index in [1.165, 1.54) is 24.3 Å². The molecule has 0 spiro atoms. The second-order valence-electron chi connectivity index (χ2n) is 7.16. The molecule has 0 fully saturated rings. The number of amides is 1. The SMILES string of the molecule is CC(=O)OCC(OC(C)=O)C(OC(C)=O)C(OC(C)=O)C(OC(C)=O)C(=O)Nc1ccc(O)cc1. The Morgan fingerprint density at radius 3 is 1.66 bits per heavy atom. The number of anilines is 1. The highest BCUT2D eigenvalue weighted by Crippen LogP contribution is 2.22. The lowest BCUT2D eigenvalue weighted by Crippen LogP contribution is -2.56. The van der Waals surface area contributed by atoms with Crippen molar-refractivity contribution in [3.05, 3.63) is 24.3 Å². The number of aromatic hydroxyl groups is 1. The first-order valence-electron chi connectivity index (χ1n) is 10.2. The lowest BCUT2D eigenvalue weighted by Gasteiger charge is -2.34. The van der Waals surface area contributed by atoms with Crippen molar-refractivity contribution in [2.45, 2.75) is 59.0 Å². The summed E-state index contributed by atoms with van der Waals surface area (Å²) in [5, 5.41) is 11.8. The van der Waals surface area contributed by atoms with Crippen LogP contribution in [0.15, 0.2) is 24.3 Å². The summed E-state index contributed by atoms with van der Waals surface area (Å²) in [6.07, 6.45) is -7.04. The molecule has 0 saturated heterocycles. The number of rotatable bonds is 11. The summed E-state index contributed by atoms with van der Waals surface area (Å²) in [5.41, 5.74) is 0.173. The number of hydrogen-bond donors (Lipinski definition) is 2. The molecule has 0 saturated carbocycles. The third-order valence-corrected chi connectivity index (χ3v) is 4.05. The number of carbonyl (C=O) groups excluding carboxylic acids is 6. The Morgan fingerprint density at radius 2 is 1.20 bits per heavy atom. The van der Waals surface area contributed by atoms with Crippen molar-refractivity contribution in [1.29, 1.82) is 0 Å². The Labute approximate surface area is 200 Å². The minimum absolute atomic E-state index is 0.0815. The summed E-state index contributed by atoms with van der Waals surface area (Å²) in [4.78, 5) is 71.7. The summed E-state index contributed by atoms with van der Waals surface area (Å²) in [6, 6.07) is 5.23. The summed E-state index contributed by atoms with van der Waals surface area (Å²) in [6.45, 7) is 4.40. The molecule has 0 aliphatic heterocycles. The first-order valence-corrected chi connectivity index (χ1v) is 10.2. The summed E-state index contributed by atoms with van der Waals surface area (Å²) >= 11 is 0. The minimum Gasteiger partial charge on any atom is -0.508 e. The van der Waals surface area contributed by atoms with E-state index in [0.29, 0.717) is 0 Å². The Bertz CT molecular complexity index is 942. The standard InChI is InChI=1S/C22H27NO12/c1-11(24)31-10-18(32-12(2)25)19(33-13(3)26)20(34-14(4)27)21(35-15(5)28)22(30)23-16-6-8-17(29)9-7-16/h6-9,18-21,29H,10H2,1-5H3,(H,23,30). The fourth-order valence-corrected chi connectivity index (χ4v) is 2.85. The zero-order valence-electron chi connectivity index (χ0n) is 19.8. The molecule has 13 nitrogen and oxygen atoms in total. The molecule has 35 heavy (non-hydrogen) atoms. The van der Waals surface area contributed by atoms with Gasteiger partial charge in [-0.3, -0.25) is 28.8 Å². The average Bonchev–Trinajstić information content (AvgIpc) is 2.72. The maximum Gasteiger partial charge on any atom is 0.303 e. The molecular formula is C22H27NO12. The van der Waals surface area contributed by atoms with Gasteiger partial charge in [0.15, 0.2) is 18.3 Å². The predicted molar refractivity (Wildman–Crippen MR) is 116 cm³/mol. The van der Waals surface area contributed by atoms with E-state index in [4.69, 9.17) is 23.7 Å². The Kier molecular flexibility index (Phi) is 11.2. The molecule has 2 N–H and O–H groups in total. The molecule has 0 aliphatic carbocycles. The maximum absolute atomic E-state index is 13.1. The number of nitrogens with one attached hydrogen (secondary N) is 1. The molecule has 4 unspecified atom stereocenters. The van der Waals surface area contributed by atoms with Gasteiger partial charge in [0, 0.05) is 40.3 Å². The summed E-state index contributed by atoms with van der Waals surface area (Å²) in [5.74, 6) is -5.60. The van der Waals surface area contributed by atoms with Crippen LogP contribution < -0.4 is 5.32 Å². The second-order valence-corrected chi connectivity index (χ2v) is 7.16. The molecule has 0 aliphatic rings. The fourth-order valence-electron chi connectivity index (χ4n) is 2.85. The number of phenols is 1. The van der Waals surface area contributed by atoms with Crippen LogP contribution in [0, 0.1) is 0 Å². The van der Waals surface area contributed by atoms with Gasteiger partial charge >= 0.3 is 29.8 Å². The van der Waals surface area contributed by atoms with Gasteiger partial charge in [-0.05, 0) is 24.3 Å². The molecule has 0 heterocycles. The zero-order chi connectivity index (χ0) is 26.7. The molecule has 4 atom stereocenters. The second kappa shape index (κ2) is 13.5. The smallest absolute Gasteiger partial charge is 0.303 e. The first kappa shape index (κ1) is 28.9. The van der Waals surface area contributed by atoms with Crippen LogP contribution in [0.1, 0.15) is 34.6 Å². The van der Waals surface area contributed by atoms with Crippen molar-refractivity contribution in [2.24, 2.45) is 0 Å². The molecule has 0 aromatic heterocycles. The normalized spacial score (nSPS) is 13.7. The van der Waals surface area contributed by atoms with Crippen molar-refractivity contribution in [3.8, 4) is 5.75 Å². The van der Waals surface area contributed by atoms with Gasteiger partial charge < -0.3 is 34.1 Å². The van der Waals surface area contributed by atoms with Crippen LogP contribution in [-0.4, -0.2) is 71.9 Å². The number of esters is 5. The van der Waals surface area contributed by atoms with Gasteiger partial charge in [0.05, 0.1) is 0 Å². The average molecular weight is 497 g/mol. The summed E-state index contributed by atoms with van der Waals surface area (Å²) < 4.78 is 25.5. The largest absolute Gasteiger partial charge is 0.508 e. The third kappa shape index (κ3) is 10.5. The molecular weight excluding hydrogens is 470 g/mol. The highest BCUT2D eigenvalue weighted by molar-refractivity contribution is 5.96. The highest BCUT2D eigenvalue weighted by Gasteiger charge is 2.47. The lowest BCUT2D eigenvalue weighted by molar-refractivity contribution is -0.202. The zero-order valence-corrected chi connectivity index (χ0v) is 19.8. The van der Waals surface area contributed by atoms with E-state index in [9.17, 15) is 33.9 Å². The topological polar surface area (TPSA) is 181 Å². The van der Waals surface area contributed by atoms with Gasteiger partial charge in [-0.15, -0.1) is 0 Å². The molecule has 192 valence electrons. The van der Waals surface area contributed by atoms with E-state index in [0.717, 1.165) is 34.6 Å². The minimum atomic E-state index is -1.91. The van der Waals surface area contributed by atoms with E-state index >= 15 is 0 Å². The first-order chi connectivity index (χ1) is 16.3. The van der Waals surface area contributed by atoms with E-state index in [1.807, 2.05) is 0 Å². The number of benzene rings is 1. The van der Waals surface area contributed by atoms with Gasteiger partial charge in [0.2, 0.25) is 6.10 Å². The van der Waals surface area contributed by atoms with Crippen LogP contribution in [0.2, 0.25) is 0 Å². The quantitative estimate of drug-likeness (QED) is 0.247. The Hall–Kier alpha value is -4.16. The van der Waals surface area contributed by atoms with Crippen LogP contribution in [0.5, 0.6) is 5.75 Å². The van der Waals surface area contributed by atoms with Crippen molar-refractivity contribution in [3.63, 3.8) is 0 Å². The Balaban J connectivity index is 3.51. The fraction of sp³-hybridized carbons (Fsp3) is 0.455. The molecule has 0 radical (unpaired) electrons. The molecule has 1 rings (SSSR count). The monoisotopic (exact) mass is 497 g/mol. The summed E-state index contributed by atoms with van der Waals surface area (Å²) in [7, 11) is 0.